The Labute approximate surface area is 184 Å². The molecule has 0 spiro atoms. The van der Waals surface area contributed by atoms with E-state index in [1.165, 1.54) is 18.1 Å². The molecule has 1 aromatic carbocycles. The van der Waals surface area contributed by atoms with E-state index in [0.29, 0.717) is 17.7 Å². The summed E-state index contributed by atoms with van der Waals surface area (Å²) in [6, 6.07) is 5.42. The van der Waals surface area contributed by atoms with Crippen molar-refractivity contribution >= 4 is 11.8 Å². The Kier molecular flexibility index (Phi) is 7.13. The molecule has 1 aliphatic rings. The highest BCUT2D eigenvalue weighted by Crippen LogP contribution is 2.46. The first-order chi connectivity index (χ1) is 14.6. The van der Waals surface area contributed by atoms with Crippen molar-refractivity contribution in [3.63, 3.8) is 0 Å². The SMILES string of the molecule is CC(C)(CC(O)(CC1C=CSC1)C(F)(F)F)c1ccc(CCO)c(-c2cncnc2)c1. The minimum atomic E-state index is -4.74. The lowest BCUT2D eigenvalue weighted by atomic mass is 9.71. The molecule has 0 aliphatic carbocycles. The van der Waals surface area contributed by atoms with E-state index in [0.717, 1.165) is 16.7 Å². The van der Waals surface area contributed by atoms with Crippen LogP contribution >= 0.6 is 11.8 Å². The Morgan fingerprint density at radius 1 is 1.16 bits per heavy atom. The second kappa shape index (κ2) is 9.30. The van der Waals surface area contributed by atoms with E-state index >= 15 is 0 Å². The zero-order valence-electron chi connectivity index (χ0n) is 17.6. The first kappa shape index (κ1) is 23.8. The molecule has 8 heteroatoms. The number of hydrogen-bond donors (Lipinski definition) is 2. The van der Waals surface area contributed by atoms with Crippen molar-refractivity contribution in [3.8, 4) is 11.1 Å². The summed E-state index contributed by atoms with van der Waals surface area (Å²) < 4.78 is 42.0. The Morgan fingerprint density at radius 3 is 2.45 bits per heavy atom. The van der Waals surface area contributed by atoms with Gasteiger partial charge in [-0.1, -0.05) is 38.1 Å². The highest BCUT2D eigenvalue weighted by atomic mass is 32.2. The predicted octanol–water partition coefficient (Wildman–Crippen LogP) is 4.91. The van der Waals surface area contributed by atoms with Crippen LogP contribution < -0.4 is 0 Å². The molecular formula is C23H27F3N2O2S. The lowest BCUT2D eigenvalue weighted by molar-refractivity contribution is -0.271. The van der Waals surface area contributed by atoms with Crippen LogP contribution in [-0.4, -0.2) is 44.3 Å². The molecule has 0 bridgehead atoms. The molecule has 4 nitrogen and oxygen atoms in total. The third kappa shape index (κ3) is 5.48. The van der Waals surface area contributed by atoms with Crippen LogP contribution in [0.25, 0.3) is 11.1 Å². The molecule has 2 aromatic rings. The van der Waals surface area contributed by atoms with Crippen molar-refractivity contribution in [3.05, 3.63) is 59.5 Å². The van der Waals surface area contributed by atoms with Crippen LogP contribution in [0.1, 0.15) is 37.8 Å². The smallest absolute Gasteiger partial charge is 0.396 e. The lowest BCUT2D eigenvalue weighted by Crippen LogP contribution is -2.50. The van der Waals surface area contributed by atoms with Crippen molar-refractivity contribution in [2.24, 2.45) is 5.92 Å². The van der Waals surface area contributed by atoms with Gasteiger partial charge in [0.2, 0.25) is 0 Å². The van der Waals surface area contributed by atoms with Gasteiger partial charge in [0, 0.05) is 30.3 Å². The molecule has 0 fully saturated rings. The number of alkyl halides is 3. The van der Waals surface area contributed by atoms with E-state index in [9.17, 15) is 23.4 Å². The molecule has 0 radical (unpaired) electrons. The van der Waals surface area contributed by atoms with Gasteiger partial charge in [-0.15, -0.1) is 11.8 Å². The van der Waals surface area contributed by atoms with Crippen LogP contribution in [0, 0.1) is 5.92 Å². The van der Waals surface area contributed by atoms with Crippen molar-refractivity contribution in [1.29, 1.82) is 0 Å². The summed E-state index contributed by atoms with van der Waals surface area (Å²) in [5.74, 6) is 0.240. The molecule has 3 rings (SSSR count). The van der Waals surface area contributed by atoms with E-state index in [4.69, 9.17) is 0 Å². The molecule has 2 N–H and O–H groups in total. The number of benzene rings is 1. The second-order valence-corrected chi connectivity index (χ2v) is 9.63. The zero-order valence-corrected chi connectivity index (χ0v) is 18.4. The summed E-state index contributed by atoms with van der Waals surface area (Å²) >= 11 is 1.46. The molecular weight excluding hydrogens is 425 g/mol. The van der Waals surface area contributed by atoms with Gasteiger partial charge in [0.25, 0.3) is 0 Å². The number of rotatable bonds is 8. The molecule has 31 heavy (non-hydrogen) atoms. The van der Waals surface area contributed by atoms with E-state index in [-0.39, 0.29) is 18.9 Å². The third-order valence-electron chi connectivity index (χ3n) is 5.76. The van der Waals surface area contributed by atoms with Crippen LogP contribution in [0.15, 0.2) is 48.4 Å². The van der Waals surface area contributed by atoms with Gasteiger partial charge in [-0.3, -0.25) is 0 Å². The number of allylic oxidation sites excluding steroid dienone is 1. The Morgan fingerprint density at radius 2 is 1.87 bits per heavy atom. The minimum absolute atomic E-state index is 0.0514. The fourth-order valence-corrected chi connectivity index (χ4v) is 5.05. The van der Waals surface area contributed by atoms with Gasteiger partial charge >= 0.3 is 6.18 Å². The quantitative estimate of drug-likeness (QED) is 0.596. The maximum absolute atomic E-state index is 14.0. The van der Waals surface area contributed by atoms with Gasteiger partial charge in [-0.05, 0) is 52.7 Å². The van der Waals surface area contributed by atoms with Gasteiger partial charge in [-0.2, -0.15) is 13.2 Å². The molecule has 2 heterocycles. The Hall–Kier alpha value is -1.90. The first-order valence-corrected chi connectivity index (χ1v) is 11.2. The summed E-state index contributed by atoms with van der Waals surface area (Å²) in [5.41, 5.74) is -0.727. The van der Waals surface area contributed by atoms with Crippen molar-refractivity contribution < 1.29 is 23.4 Å². The normalized spacial score (nSPS) is 18.9. The fraction of sp³-hybridized carbons (Fsp3) is 0.478. The number of aliphatic hydroxyl groups is 2. The summed E-state index contributed by atoms with van der Waals surface area (Å²) in [6.07, 6.45) is 1.27. The number of nitrogens with zero attached hydrogens (tertiary/aromatic N) is 2. The monoisotopic (exact) mass is 452 g/mol. The summed E-state index contributed by atoms with van der Waals surface area (Å²) in [4.78, 5) is 8.06. The van der Waals surface area contributed by atoms with Crippen LogP contribution in [-0.2, 0) is 11.8 Å². The summed E-state index contributed by atoms with van der Waals surface area (Å²) in [7, 11) is 0. The van der Waals surface area contributed by atoms with Crippen LogP contribution in [0.2, 0.25) is 0 Å². The van der Waals surface area contributed by atoms with E-state index in [2.05, 4.69) is 9.97 Å². The van der Waals surface area contributed by atoms with E-state index in [1.54, 1.807) is 43.8 Å². The van der Waals surface area contributed by atoms with Gasteiger partial charge in [-0.25, -0.2) is 9.97 Å². The summed E-state index contributed by atoms with van der Waals surface area (Å²) in [6.45, 7) is 3.38. The lowest BCUT2D eigenvalue weighted by Gasteiger charge is -2.39. The second-order valence-electron chi connectivity index (χ2n) is 8.69. The molecule has 168 valence electrons. The first-order valence-electron chi connectivity index (χ1n) is 10.1. The number of thioether (sulfide) groups is 1. The van der Waals surface area contributed by atoms with Crippen molar-refractivity contribution in [2.75, 3.05) is 12.4 Å². The van der Waals surface area contributed by atoms with Gasteiger partial charge < -0.3 is 10.2 Å². The third-order valence-corrected chi connectivity index (χ3v) is 6.73. The number of aromatic nitrogens is 2. The molecule has 1 aliphatic heterocycles. The standard InChI is InChI=1S/C23H27F3N2O2S/c1-21(2,14-22(30,23(24,25)26)10-16-6-8-31-13-16)19-4-3-17(5-7-29)20(9-19)18-11-27-15-28-12-18/h3-4,6,8-9,11-12,15-16,29-30H,5,7,10,13-14H2,1-2H3. The van der Waals surface area contributed by atoms with Crippen molar-refractivity contribution in [1.82, 2.24) is 9.97 Å². The van der Waals surface area contributed by atoms with Crippen molar-refractivity contribution in [2.45, 2.75) is 50.3 Å². The highest BCUT2D eigenvalue weighted by molar-refractivity contribution is 8.02. The molecule has 0 saturated carbocycles. The van der Waals surface area contributed by atoms with Gasteiger partial charge in [0.1, 0.15) is 6.33 Å². The summed E-state index contributed by atoms with van der Waals surface area (Å²) in [5, 5.41) is 22.0. The molecule has 2 unspecified atom stereocenters. The Balaban J connectivity index is 1.96. The molecule has 0 saturated heterocycles. The maximum atomic E-state index is 14.0. The number of halogens is 3. The average Bonchev–Trinajstić information content (AvgIpc) is 3.20. The van der Waals surface area contributed by atoms with E-state index < -0.39 is 23.6 Å². The van der Waals surface area contributed by atoms with Crippen LogP contribution in [0.4, 0.5) is 13.2 Å². The number of aliphatic hydroxyl groups excluding tert-OH is 1. The fourth-order valence-electron chi connectivity index (χ4n) is 4.13. The maximum Gasteiger partial charge on any atom is 0.417 e. The van der Waals surface area contributed by atoms with E-state index in [1.807, 2.05) is 12.1 Å². The Bertz CT molecular complexity index is 919. The topological polar surface area (TPSA) is 66.2 Å². The zero-order chi connectivity index (χ0) is 22.7. The molecule has 0 amide bonds. The molecule has 1 aromatic heterocycles. The van der Waals surface area contributed by atoms with Gasteiger partial charge in [0.05, 0.1) is 0 Å². The average molecular weight is 453 g/mol. The predicted molar refractivity (Wildman–Crippen MR) is 117 cm³/mol. The van der Waals surface area contributed by atoms with Crippen LogP contribution in [0.3, 0.4) is 0 Å². The van der Waals surface area contributed by atoms with Gasteiger partial charge in [0.15, 0.2) is 5.60 Å². The minimum Gasteiger partial charge on any atom is -0.396 e. The number of hydrogen-bond acceptors (Lipinski definition) is 5. The highest BCUT2D eigenvalue weighted by Gasteiger charge is 2.56. The van der Waals surface area contributed by atoms with Crippen LogP contribution in [0.5, 0.6) is 0 Å². The molecule has 2 atom stereocenters. The largest absolute Gasteiger partial charge is 0.417 e.